The second kappa shape index (κ2) is 5.49. The Hall–Kier alpha value is -2.14. The Balaban J connectivity index is 2.00. The number of benzene rings is 1. The number of H-pyrrole nitrogens is 1. The number of rotatable bonds is 1. The molecule has 0 amide bonds. The van der Waals surface area contributed by atoms with Crippen molar-refractivity contribution in [1.29, 1.82) is 0 Å². The molecule has 1 aromatic heterocycles. The molecular weight excluding hydrogens is 288 g/mol. The first-order chi connectivity index (χ1) is 11.2. The van der Waals surface area contributed by atoms with Gasteiger partial charge in [0.25, 0.3) is 5.56 Å². The molecular formula is C18H22N4O. The molecule has 4 rings (SSSR count). The Labute approximate surface area is 135 Å². The topological polar surface area (TPSA) is 83.8 Å². The summed E-state index contributed by atoms with van der Waals surface area (Å²) in [4.78, 5) is 20.3. The summed E-state index contributed by atoms with van der Waals surface area (Å²) in [7, 11) is 0. The number of hydrogen-bond donors (Lipinski definition) is 3. The maximum absolute atomic E-state index is 12.8. The van der Waals surface area contributed by atoms with Crippen molar-refractivity contribution in [2.24, 2.45) is 5.84 Å². The number of nitrogens with zero attached hydrogens (tertiary/aromatic N) is 1. The molecule has 2 aromatic rings. The van der Waals surface area contributed by atoms with Gasteiger partial charge in [0, 0.05) is 11.0 Å². The van der Waals surface area contributed by atoms with Crippen LogP contribution in [0.3, 0.4) is 0 Å². The van der Waals surface area contributed by atoms with Crippen molar-refractivity contribution in [1.82, 2.24) is 9.97 Å². The zero-order valence-electron chi connectivity index (χ0n) is 13.2. The number of fused-ring (bicyclic) bond motifs is 4. The predicted molar refractivity (Wildman–Crippen MR) is 91.2 cm³/mol. The monoisotopic (exact) mass is 310 g/mol. The van der Waals surface area contributed by atoms with Gasteiger partial charge < -0.3 is 0 Å². The summed E-state index contributed by atoms with van der Waals surface area (Å²) >= 11 is 0. The molecule has 1 aromatic carbocycles. The molecule has 1 fully saturated rings. The first kappa shape index (κ1) is 14.5. The fraction of sp³-hybridized carbons (Fsp3) is 0.444. The predicted octanol–water partition coefficient (Wildman–Crippen LogP) is 2.87. The van der Waals surface area contributed by atoms with Crippen LogP contribution in [-0.2, 0) is 11.8 Å². The van der Waals surface area contributed by atoms with Crippen LogP contribution < -0.4 is 16.8 Å². The van der Waals surface area contributed by atoms with Crippen LogP contribution in [0.1, 0.15) is 49.7 Å². The molecule has 5 nitrogen and oxygen atoms in total. The number of nitrogen functional groups attached to an aromatic ring is 1. The average Bonchev–Trinajstić information content (AvgIpc) is 2.80. The second-order valence-electron chi connectivity index (χ2n) is 6.81. The van der Waals surface area contributed by atoms with Gasteiger partial charge in [0.2, 0.25) is 5.95 Å². The quantitative estimate of drug-likeness (QED) is 0.558. The van der Waals surface area contributed by atoms with Crippen LogP contribution in [0.4, 0.5) is 5.95 Å². The van der Waals surface area contributed by atoms with E-state index in [1.54, 1.807) is 0 Å². The van der Waals surface area contributed by atoms with Gasteiger partial charge in [0.15, 0.2) is 0 Å². The van der Waals surface area contributed by atoms with E-state index in [9.17, 15) is 4.79 Å². The van der Waals surface area contributed by atoms with Gasteiger partial charge in [-0.3, -0.25) is 15.2 Å². The van der Waals surface area contributed by atoms with Gasteiger partial charge in [-0.25, -0.2) is 10.8 Å². The van der Waals surface area contributed by atoms with E-state index in [2.05, 4.69) is 33.6 Å². The molecule has 23 heavy (non-hydrogen) atoms. The SMILES string of the molecule is NNc1nc2c(c(=O)[nH]1)C1(CCCCCC1)Cc1ccccc1-2. The summed E-state index contributed by atoms with van der Waals surface area (Å²) in [5, 5.41) is 0. The summed E-state index contributed by atoms with van der Waals surface area (Å²) in [6.45, 7) is 0. The van der Waals surface area contributed by atoms with Crippen LogP contribution in [-0.4, -0.2) is 9.97 Å². The van der Waals surface area contributed by atoms with Gasteiger partial charge in [-0.05, 0) is 24.8 Å². The van der Waals surface area contributed by atoms with E-state index in [-0.39, 0.29) is 11.0 Å². The smallest absolute Gasteiger partial charge is 0.256 e. The molecule has 2 aliphatic rings. The molecule has 0 atom stereocenters. The lowest BCUT2D eigenvalue weighted by Gasteiger charge is -2.38. The summed E-state index contributed by atoms with van der Waals surface area (Å²) < 4.78 is 0. The highest BCUT2D eigenvalue weighted by Crippen LogP contribution is 2.47. The highest BCUT2D eigenvalue weighted by Gasteiger charge is 2.42. The normalized spacial score (nSPS) is 18.8. The lowest BCUT2D eigenvalue weighted by molar-refractivity contribution is 0.359. The van der Waals surface area contributed by atoms with Gasteiger partial charge in [0.1, 0.15) is 0 Å². The molecule has 1 heterocycles. The fourth-order valence-electron chi connectivity index (χ4n) is 4.42. The van der Waals surface area contributed by atoms with Gasteiger partial charge >= 0.3 is 0 Å². The third-order valence-corrected chi connectivity index (χ3v) is 5.45. The third-order valence-electron chi connectivity index (χ3n) is 5.45. The maximum Gasteiger partial charge on any atom is 0.256 e. The van der Waals surface area contributed by atoms with Crippen LogP contribution in [0.25, 0.3) is 11.3 Å². The third kappa shape index (κ3) is 2.27. The molecule has 120 valence electrons. The molecule has 0 unspecified atom stereocenters. The minimum Gasteiger partial charge on any atom is -0.294 e. The first-order valence-electron chi connectivity index (χ1n) is 8.43. The Morgan fingerprint density at radius 1 is 1.13 bits per heavy atom. The molecule has 0 saturated heterocycles. The van der Waals surface area contributed by atoms with Crippen molar-refractivity contribution in [3.63, 3.8) is 0 Å². The number of anilines is 1. The summed E-state index contributed by atoms with van der Waals surface area (Å²) in [5.74, 6) is 5.81. The largest absolute Gasteiger partial charge is 0.294 e. The Morgan fingerprint density at radius 3 is 2.61 bits per heavy atom. The molecule has 0 aliphatic heterocycles. The van der Waals surface area contributed by atoms with E-state index >= 15 is 0 Å². The van der Waals surface area contributed by atoms with Crippen molar-refractivity contribution in [3.8, 4) is 11.3 Å². The van der Waals surface area contributed by atoms with Crippen molar-refractivity contribution in [2.75, 3.05) is 5.43 Å². The van der Waals surface area contributed by atoms with E-state index < -0.39 is 0 Å². The van der Waals surface area contributed by atoms with E-state index in [4.69, 9.17) is 5.84 Å². The molecule has 5 heteroatoms. The lowest BCUT2D eigenvalue weighted by atomic mass is 9.65. The molecule has 1 saturated carbocycles. The highest BCUT2D eigenvalue weighted by atomic mass is 16.1. The van der Waals surface area contributed by atoms with Crippen LogP contribution in [0.2, 0.25) is 0 Å². The number of nitrogens with one attached hydrogen (secondary N) is 2. The Kier molecular flexibility index (Phi) is 3.45. The average molecular weight is 310 g/mol. The highest BCUT2D eigenvalue weighted by molar-refractivity contribution is 5.72. The van der Waals surface area contributed by atoms with Crippen LogP contribution in [0.15, 0.2) is 29.1 Å². The Bertz CT molecular complexity index is 788. The van der Waals surface area contributed by atoms with Gasteiger partial charge in [-0.1, -0.05) is 49.9 Å². The number of aromatic nitrogens is 2. The van der Waals surface area contributed by atoms with E-state index in [1.807, 2.05) is 6.07 Å². The standard InChI is InChI=1S/C18H22N4O/c19-22-17-20-15-13-8-4-3-7-12(13)11-18(14(15)16(23)21-17)9-5-1-2-6-10-18/h3-4,7-8H,1-2,5-6,9-11,19H2,(H2,20,21,22,23). The van der Waals surface area contributed by atoms with E-state index in [1.165, 1.54) is 31.2 Å². The first-order valence-corrected chi connectivity index (χ1v) is 8.43. The number of aromatic amines is 1. The Morgan fingerprint density at radius 2 is 1.87 bits per heavy atom. The lowest BCUT2D eigenvalue weighted by Crippen LogP contribution is -2.39. The van der Waals surface area contributed by atoms with Crippen molar-refractivity contribution >= 4 is 5.95 Å². The van der Waals surface area contributed by atoms with Crippen molar-refractivity contribution in [2.45, 2.75) is 50.4 Å². The molecule has 0 radical (unpaired) electrons. The van der Waals surface area contributed by atoms with Crippen molar-refractivity contribution < 1.29 is 0 Å². The minimum atomic E-state index is -0.0755. The maximum atomic E-state index is 12.8. The fourth-order valence-corrected chi connectivity index (χ4v) is 4.42. The molecule has 2 aliphatic carbocycles. The van der Waals surface area contributed by atoms with Gasteiger partial charge in [-0.2, -0.15) is 0 Å². The van der Waals surface area contributed by atoms with Gasteiger partial charge in [0.05, 0.1) is 11.3 Å². The van der Waals surface area contributed by atoms with Crippen LogP contribution >= 0.6 is 0 Å². The summed E-state index contributed by atoms with van der Waals surface area (Å²) in [5.41, 5.74) is 6.41. The van der Waals surface area contributed by atoms with E-state index in [0.717, 1.165) is 36.1 Å². The number of nitrogens with two attached hydrogens (primary N) is 1. The summed E-state index contributed by atoms with van der Waals surface area (Å²) in [6, 6.07) is 8.31. The van der Waals surface area contributed by atoms with Crippen molar-refractivity contribution in [3.05, 3.63) is 45.7 Å². The van der Waals surface area contributed by atoms with Crippen LogP contribution in [0, 0.1) is 0 Å². The van der Waals surface area contributed by atoms with Gasteiger partial charge in [-0.15, -0.1) is 0 Å². The molecule has 0 bridgehead atoms. The zero-order valence-corrected chi connectivity index (χ0v) is 13.2. The molecule has 4 N–H and O–H groups in total. The number of hydrazine groups is 1. The number of hydrogen-bond acceptors (Lipinski definition) is 4. The zero-order chi connectivity index (χ0) is 15.9. The molecule has 1 spiro atoms. The van der Waals surface area contributed by atoms with Crippen LogP contribution in [0.5, 0.6) is 0 Å². The second-order valence-corrected chi connectivity index (χ2v) is 6.81. The minimum absolute atomic E-state index is 0.0423. The summed E-state index contributed by atoms with van der Waals surface area (Å²) in [6.07, 6.45) is 7.94. The van der Waals surface area contributed by atoms with E-state index in [0.29, 0.717) is 5.95 Å².